The smallest absolute Gasteiger partial charge is 0.270 e. The van der Waals surface area contributed by atoms with E-state index in [2.05, 4.69) is 9.97 Å². The highest BCUT2D eigenvalue weighted by atomic mass is 35.5. The van der Waals surface area contributed by atoms with Gasteiger partial charge >= 0.3 is 0 Å². The summed E-state index contributed by atoms with van der Waals surface area (Å²) in [4.78, 5) is 7.74. The van der Waals surface area contributed by atoms with E-state index in [0.717, 1.165) is 5.39 Å². The summed E-state index contributed by atoms with van der Waals surface area (Å²) in [5, 5.41) is 0.800. The Morgan fingerprint density at radius 2 is 2.12 bits per heavy atom. The highest BCUT2D eigenvalue weighted by molar-refractivity contribution is 6.28. The van der Waals surface area contributed by atoms with E-state index in [-0.39, 0.29) is 11.7 Å². The van der Waals surface area contributed by atoms with Gasteiger partial charge in [-0.15, -0.1) is 0 Å². The second-order valence-electron chi connectivity index (χ2n) is 3.62. The lowest BCUT2D eigenvalue weighted by Gasteiger charge is -2.02. The van der Waals surface area contributed by atoms with Crippen molar-refractivity contribution in [1.82, 2.24) is 14.5 Å². The topological polar surface area (TPSA) is 30.7 Å². The van der Waals surface area contributed by atoms with Crippen molar-refractivity contribution in [3.05, 3.63) is 23.7 Å². The Bertz CT molecular complexity index is 538. The number of nitrogens with zero attached hydrogens (tertiary/aromatic N) is 3. The van der Waals surface area contributed by atoms with E-state index in [1.54, 1.807) is 12.3 Å². The molecule has 1 unspecified atom stereocenters. The Kier molecular flexibility index (Phi) is 3.03. The Balaban J connectivity index is 0.000000514. The summed E-state index contributed by atoms with van der Waals surface area (Å²) in [7, 11) is 0. The second-order valence-corrected chi connectivity index (χ2v) is 3.96. The molecule has 92 valence electrons. The summed E-state index contributed by atoms with van der Waals surface area (Å²) in [6.07, 6.45) is 3.00. The predicted molar refractivity (Wildman–Crippen MR) is 62.5 cm³/mol. The van der Waals surface area contributed by atoms with E-state index in [1.165, 1.54) is 10.8 Å². The summed E-state index contributed by atoms with van der Waals surface area (Å²) < 4.78 is 27.2. The number of halogens is 3. The van der Waals surface area contributed by atoms with Gasteiger partial charge in [-0.05, 0) is 17.7 Å². The summed E-state index contributed by atoms with van der Waals surface area (Å²) in [5.74, 6) is -2.61. The van der Waals surface area contributed by atoms with Crippen LogP contribution in [-0.2, 0) is 0 Å². The molecule has 0 aromatic carbocycles. The predicted octanol–water partition coefficient (Wildman–Crippen LogP) is 3.69. The fourth-order valence-corrected chi connectivity index (χ4v) is 1.80. The van der Waals surface area contributed by atoms with Crippen LogP contribution in [0.1, 0.15) is 26.3 Å². The first-order chi connectivity index (χ1) is 8.08. The van der Waals surface area contributed by atoms with Gasteiger partial charge in [0.1, 0.15) is 11.7 Å². The van der Waals surface area contributed by atoms with E-state index in [4.69, 9.17) is 11.6 Å². The van der Waals surface area contributed by atoms with E-state index in [0.29, 0.717) is 5.65 Å². The fourth-order valence-electron chi connectivity index (χ4n) is 1.67. The number of rotatable bonds is 1. The Morgan fingerprint density at radius 1 is 1.47 bits per heavy atom. The van der Waals surface area contributed by atoms with Crippen LogP contribution in [0.5, 0.6) is 0 Å². The van der Waals surface area contributed by atoms with Crippen molar-refractivity contribution in [2.75, 3.05) is 0 Å². The molecule has 0 bridgehead atoms. The van der Waals surface area contributed by atoms with Crippen LogP contribution in [-0.4, -0.2) is 20.5 Å². The zero-order valence-corrected chi connectivity index (χ0v) is 10.2. The van der Waals surface area contributed by atoms with Crippen molar-refractivity contribution >= 4 is 22.6 Å². The lowest BCUT2D eigenvalue weighted by Crippen LogP contribution is -2.02. The molecule has 1 aliphatic rings. The SMILES string of the molecule is CC.FC1(F)CC1n1ccc2cnc(Cl)nc21. The largest absolute Gasteiger partial charge is 0.323 e. The molecular weight excluding hydrogens is 248 g/mol. The molecule has 3 rings (SSSR count). The van der Waals surface area contributed by atoms with Gasteiger partial charge in [-0.3, -0.25) is 0 Å². The van der Waals surface area contributed by atoms with Crippen LogP contribution < -0.4 is 0 Å². The molecule has 0 saturated heterocycles. The van der Waals surface area contributed by atoms with Crippen molar-refractivity contribution in [2.45, 2.75) is 32.2 Å². The highest BCUT2D eigenvalue weighted by Crippen LogP contribution is 2.53. The third kappa shape index (κ3) is 2.11. The number of hydrogen-bond donors (Lipinski definition) is 0. The molecule has 1 atom stereocenters. The van der Waals surface area contributed by atoms with Gasteiger partial charge in [0.25, 0.3) is 5.92 Å². The normalized spacial score (nSPS) is 20.9. The quantitative estimate of drug-likeness (QED) is 0.731. The zero-order chi connectivity index (χ0) is 12.6. The van der Waals surface area contributed by atoms with Gasteiger partial charge < -0.3 is 4.57 Å². The first-order valence-electron chi connectivity index (χ1n) is 5.45. The maximum absolute atomic E-state index is 12.9. The summed E-state index contributed by atoms with van der Waals surface area (Å²) in [6.45, 7) is 4.00. The number of hydrogen-bond acceptors (Lipinski definition) is 2. The third-order valence-corrected chi connectivity index (χ3v) is 2.74. The maximum Gasteiger partial charge on any atom is 0.270 e. The molecule has 2 aromatic rings. The Morgan fingerprint density at radius 3 is 2.71 bits per heavy atom. The van der Waals surface area contributed by atoms with E-state index in [9.17, 15) is 8.78 Å². The molecule has 0 spiro atoms. The van der Waals surface area contributed by atoms with Crippen LogP contribution in [0, 0.1) is 0 Å². The Labute approximate surface area is 102 Å². The molecule has 1 fully saturated rings. The summed E-state index contributed by atoms with van der Waals surface area (Å²) >= 11 is 5.62. The van der Waals surface area contributed by atoms with Crippen LogP contribution in [0.15, 0.2) is 18.5 Å². The summed E-state index contributed by atoms with van der Waals surface area (Å²) in [6, 6.07) is 0.932. The van der Waals surface area contributed by atoms with Crippen LogP contribution in [0.2, 0.25) is 5.28 Å². The summed E-state index contributed by atoms with van der Waals surface area (Å²) in [5.41, 5.74) is 0.470. The van der Waals surface area contributed by atoms with Gasteiger partial charge in [-0.25, -0.2) is 13.8 Å². The van der Waals surface area contributed by atoms with Gasteiger partial charge in [0.2, 0.25) is 5.28 Å². The van der Waals surface area contributed by atoms with Crippen LogP contribution in [0.4, 0.5) is 8.78 Å². The number of alkyl halides is 2. The first-order valence-corrected chi connectivity index (χ1v) is 5.83. The molecule has 3 nitrogen and oxygen atoms in total. The van der Waals surface area contributed by atoms with E-state index >= 15 is 0 Å². The van der Waals surface area contributed by atoms with Crippen molar-refractivity contribution in [3.8, 4) is 0 Å². The molecule has 0 aliphatic heterocycles. The maximum atomic E-state index is 12.9. The van der Waals surface area contributed by atoms with Gasteiger partial charge in [-0.1, -0.05) is 13.8 Å². The van der Waals surface area contributed by atoms with Crippen molar-refractivity contribution < 1.29 is 8.78 Å². The number of fused-ring (bicyclic) bond motifs is 1. The van der Waals surface area contributed by atoms with Gasteiger partial charge in [0, 0.05) is 24.2 Å². The molecule has 0 amide bonds. The minimum absolute atomic E-state index is 0.0754. The lowest BCUT2D eigenvalue weighted by atomic mass is 10.4. The molecule has 2 heterocycles. The lowest BCUT2D eigenvalue weighted by molar-refractivity contribution is 0.101. The second kappa shape index (κ2) is 4.22. The molecule has 1 saturated carbocycles. The van der Waals surface area contributed by atoms with Crippen molar-refractivity contribution in [1.29, 1.82) is 0 Å². The van der Waals surface area contributed by atoms with Crippen LogP contribution in [0.25, 0.3) is 11.0 Å². The average Bonchev–Trinajstić information content (AvgIpc) is 2.76. The minimum atomic E-state index is -2.61. The minimum Gasteiger partial charge on any atom is -0.323 e. The van der Waals surface area contributed by atoms with Gasteiger partial charge in [-0.2, -0.15) is 4.98 Å². The zero-order valence-electron chi connectivity index (χ0n) is 9.49. The average molecular weight is 260 g/mol. The highest BCUT2D eigenvalue weighted by Gasteiger charge is 2.58. The molecule has 6 heteroatoms. The molecule has 0 N–H and O–H groups in total. The van der Waals surface area contributed by atoms with Gasteiger partial charge in [0.15, 0.2) is 0 Å². The first kappa shape index (κ1) is 12.2. The van der Waals surface area contributed by atoms with Crippen LogP contribution >= 0.6 is 11.6 Å². The molecule has 17 heavy (non-hydrogen) atoms. The third-order valence-electron chi connectivity index (χ3n) is 2.55. The Hall–Kier alpha value is -1.23. The molecular formula is C11H12ClF2N3. The molecule has 2 aromatic heterocycles. The monoisotopic (exact) mass is 259 g/mol. The van der Waals surface area contributed by atoms with Gasteiger partial charge in [0.05, 0.1) is 0 Å². The van der Waals surface area contributed by atoms with E-state index < -0.39 is 12.0 Å². The molecule has 1 aliphatic carbocycles. The van der Waals surface area contributed by atoms with Crippen LogP contribution in [0.3, 0.4) is 0 Å². The standard InChI is InChI=1S/C9H6ClF2N3.C2H6/c10-8-13-4-5-1-2-15(7(5)14-8)6-3-9(6,11)12;1-2/h1-2,4,6H,3H2;1-2H3. The van der Waals surface area contributed by atoms with Crippen molar-refractivity contribution in [3.63, 3.8) is 0 Å². The fraction of sp³-hybridized carbons (Fsp3) is 0.455. The molecule has 0 radical (unpaired) electrons. The van der Waals surface area contributed by atoms with E-state index in [1.807, 2.05) is 13.8 Å². The van der Waals surface area contributed by atoms with Crippen molar-refractivity contribution in [2.24, 2.45) is 0 Å². The number of aromatic nitrogens is 3.